The van der Waals surface area contributed by atoms with Crippen LogP contribution in [0.5, 0.6) is 0 Å². The van der Waals surface area contributed by atoms with E-state index in [9.17, 15) is 4.21 Å². The van der Waals surface area contributed by atoms with Crippen molar-refractivity contribution < 1.29 is 4.21 Å². The summed E-state index contributed by atoms with van der Waals surface area (Å²) in [6.07, 6.45) is 0. The van der Waals surface area contributed by atoms with E-state index in [2.05, 4.69) is 36.5 Å². The lowest BCUT2D eigenvalue weighted by atomic mass is 9.93. The fourth-order valence-electron chi connectivity index (χ4n) is 1.65. The molecule has 1 aromatic heterocycles. The van der Waals surface area contributed by atoms with Gasteiger partial charge in [0.15, 0.2) is 0 Å². The zero-order valence-corrected chi connectivity index (χ0v) is 12.3. The van der Waals surface area contributed by atoms with Crippen LogP contribution in [0.4, 0.5) is 0 Å². The predicted octanol–water partition coefficient (Wildman–Crippen LogP) is 1.91. The van der Waals surface area contributed by atoms with E-state index < -0.39 is 10.8 Å². The zero-order chi connectivity index (χ0) is 12.5. The Bertz CT molecular complexity index is 405. The van der Waals surface area contributed by atoms with Crippen molar-refractivity contribution >= 4 is 22.1 Å². The molecule has 0 spiro atoms. The molecule has 17 heavy (non-hydrogen) atoms. The second-order valence-corrected chi connectivity index (χ2v) is 8.10. The highest BCUT2D eigenvalue weighted by Crippen LogP contribution is 2.24. The quantitative estimate of drug-likeness (QED) is 0.910. The number of nitrogens with zero attached hydrogens (tertiary/aromatic N) is 1. The van der Waals surface area contributed by atoms with Crippen molar-refractivity contribution in [2.45, 2.75) is 31.9 Å². The maximum atomic E-state index is 11.9. The van der Waals surface area contributed by atoms with Gasteiger partial charge in [0.05, 0.1) is 11.4 Å². The standard InChI is InChI=1S/C12H20N2OS2/c1-12(2,3)10-6-16-11(14-10)8-17(15)7-9-4-13-5-9/h6,9,13H,4-5,7-8H2,1-3H3. The van der Waals surface area contributed by atoms with Gasteiger partial charge in [0.25, 0.3) is 0 Å². The van der Waals surface area contributed by atoms with Crippen LogP contribution < -0.4 is 5.32 Å². The van der Waals surface area contributed by atoms with Gasteiger partial charge in [-0.15, -0.1) is 11.3 Å². The summed E-state index contributed by atoms with van der Waals surface area (Å²) in [4.78, 5) is 4.58. The van der Waals surface area contributed by atoms with Crippen molar-refractivity contribution in [3.63, 3.8) is 0 Å². The van der Waals surface area contributed by atoms with E-state index in [1.54, 1.807) is 11.3 Å². The lowest BCUT2D eigenvalue weighted by Crippen LogP contribution is -2.44. The van der Waals surface area contributed by atoms with Crippen molar-refractivity contribution in [2.24, 2.45) is 5.92 Å². The first-order valence-corrected chi connectivity index (χ1v) is 8.32. The second kappa shape index (κ2) is 5.16. The summed E-state index contributed by atoms with van der Waals surface area (Å²) in [7, 11) is -0.755. The van der Waals surface area contributed by atoms with Gasteiger partial charge in [-0.1, -0.05) is 20.8 Å². The van der Waals surface area contributed by atoms with E-state index in [-0.39, 0.29) is 5.41 Å². The van der Waals surface area contributed by atoms with Crippen molar-refractivity contribution in [3.8, 4) is 0 Å². The minimum absolute atomic E-state index is 0.0914. The van der Waals surface area contributed by atoms with E-state index in [0.29, 0.717) is 11.7 Å². The van der Waals surface area contributed by atoms with Crippen molar-refractivity contribution in [2.75, 3.05) is 18.8 Å². The van der Waals surface area contributed by atoms with Crippen molar-refractivity contribution in [1.82, 2.24) is 10.3 Å². The first kappa shape index (κ1) is 13.2. The number of aromatic nitrogens is 1. The SMILES string of the molecule is CC(C)(C)c1csc(CS(=O)CC2CNC2)n1. The maximum absolute atomic E-state index is 11.9. The van der Waals surface area contributed by atoms with Crippen molar-refractivity contribution in [1.29, 1.82) is 0 Å². The third kappa shape index (κ3) is 3.60. The Morgan fingerprint density at radius 3 is 2.71 bits per heavy atom. The van der Waals surface area contributed by atoms with Gasteiger partial charge in [0, 0.05) is 40.4 Å². The van der Waals surface area contributed by atoms with Gasteiger partial charge < -0.3 is 5.32 Å². The van der Waals surface area contributed by atoms with Crippen LogP contribution in [0, 0.1) is 5.92 Å². The van der Waals surface area contributed by atoms with Crippen LogP contribution in [-0.2, 0) is 22.0 Å². The molecule has 1 aromatic rings. The first-order chi connectivity index (χ1) is 7.95. The summed E-state index contributed by atoms with van der Waals surface area (Å²) in [5.41, 5.74) is 1.20. The fourth-order valence-corrected chi connectivity index (χ4v) is 4.34. The largest absolute Gasteiger partial charge is 0.316 e. The summed E-state index contributed by atoms with van der Waals surface area (Å²) < 4.78 is 11.9. The number of hydrogen-bond donors (Lipinski definition) is 1. The average molecular weight is 272 g/mol. The number of thiazole rings is 1. The molecule has 1 unspecified atom stereocenters. The summed E-state index contributed by atoms with van der Waals surface area (Å²) in [5.74, 6) is 2.05. The van der Waals surface area contributed by atoms with Gasteiger partial charge in [-0.2, -0.15) is 0 Å². The molecule has 1 aliphatic rings. The fraction of sp³-hybridized carbons (Fsp3) is 0.750. The molecule has 0 bridgehead atoms. The molecule has 0 aliphatic carbocycles. The van der Waals surface area contributed by atoms with Gasteiger partial charge in [0.1, 0.15) is 5.01 Å². The minimum Gasteiger partial charge on any atom is -0.316 e. The van der Waals surface area contributed by atoms with E-state index >= 15 is 0 Å². The second-order valence-electron chi connectivity index (χ2n) is 5.65. The normalized spacial score (nSPS) is 19.0. The number of nitrogens with one attached hydrogen (secondary N) is 1. The summed E-state index contributed by atoms with van der Waals surface area (Å²) in [6.45, 7) is 8.52. The monoisotopic (exact) mass is 272 g/mol. The van der Waals surface area contributed by atoms with Crippen molar-refractivity contribution in [3.05, 3.63) is 16.1 Å². The highest BCUT2D eigenvalue weighted by Gasteiger charge is 2.21. The van der Waals surface area contributed by atoms with Gasteiger partial charge in [0.2, 0.25) is 0 Å². The highest BCUT2D eigenvalue weighted by molar-refractivity contribution is 7.84. The molecule has 0 saturated carbocycles. The van der Waals surface area contributed by atoms with Crippen LogP contribution in [0.25, 0.3) is 0 Å². The maximum Gasteiger partial charge on any atom is 0.105 e. The molecule has 1 aliphatic heterocycles. The molecule has 1 atom stereocenters. The van der Waals surface area contributed by atoms with E-state index in [0.717, 1.165) is 29.5 Å². The topological polar surface area (TPSA) is 42.0 Å². The van der Waals surface area contributed by atoms with Gasteiger partial charge >= 0.3 is 0 Å². The molecule has 0 amide bonds. The molecule has 96 valence electrons. The van der Waals surface area contributed by atoms with Gasteiger partial charge in [-0.3, -0.25) is 4.21 Å². The van der Waals surface area contributed by atoms with Crippen LogP contribution in [-0.4, -0.2) is 28.0 Å². The van der Waals surface area contributed by atoms with Crippen LogP contribution in [0.3, 0.4) is 0 Å². The summed E-state index contributed by atoms with van der Waals surface area (Å²) >= 11 is 1.64. The lowest BCUT2D eigenvalue weighted by Gasteiger charge is -2.26. The molecule has 2 heterocycles. The van der Waals surface area contributed by atoms with Crippen LogP contribution in [0.15, 0.2) is 5.38 Å². The summed E-state index contributed by atoms with van der Waals surface area (Å²) in [6, 6.07) is 0. The molecular weight excluding hydrogens is 252 g/mol. The molecular formula is C12H20N2OS2. The van der Waals surface area contributed by atoms with Gasteiger partial charge in [-0.05, 0) is 5.92 Å². The Morgan fingerprint density at radius 1 is 1.53 bits per heavy atom. The first-order valence-electron chi connectivity index (χ1n) is 5.96. The molecule has 1 saturated heterocycles. The van der Waals surface area contributed by atoms with Crippen LogP contribution >= 0.6 is 11.3 Å². The molecule has 2 rings (SSSR count). The smallest absolute Gasteiger partial charge is 0.105 e. The summed E-state index contributed by atoms with van der Waals surface area (Å²) in [5, 5.41) is 6.32. The lowest BCUT2D eigenvalue weighted by molar-refractivity contribution is 0.382. The Kier molecular flexibility index (Phi) is 4.00. The highest BCUT2D eigenvalue weighted by atomic mass is 32.2. The number of rotatable bonds is 4. The van der Waals surface area contributed by atoms with Crippen LogP contribution in [0.1, 0.15) is 31.5 Å². The predicted molar refractivity (Wildman–Crippen MR) is 73.9 cm³/mol. The third-order valence-corrected chi connectivity index (χ3v) is 5.36. The van der Waals surface area contributed by atoms with E-state index in [1.807, 2.05) is 0 Å². The Morgan fingerprint density at radius 2 is 2.24 bits per heavy atom. The molecule has 0 radical (unpaired) electrons. The Hall–Kier alpha value is -0.260. The third-order valence-electron chi connectivity index (χ3n) is 2.89. The molecule has 0 aromatic carbocycles. The number of hydrogen-bond acceptors (Lipinski definition) is 4. The van der Waals surface area contributed by atoms with E-state index in [4.69, 9.17) is 0 Å². The molecule has 1 fully saturated rings. The molecule has 1 N–H and O–H groups in total. The molecule has 5 heteroatoms. The zero-order valence-electron chi connectivity index (χ0n) is 10.7. The average Bonchev–Trinajstić information content (AvgIpc) is 2.59. The Labute approximate surface area is 109 Å². The van der Waals surface area contributed by atoms with Gasteiger partial charge in [-0.25, -0.2) is 4.98 Å². The van der Waals surface area contributed by atoms with Crippen LogP contribution in [0.2, 0.25) is 0 Å². The Balaban J connectivity index is 1.89. The minimum atomic E-state index is -0.755. The van der Waals surface area contributed by atoms with E-state index in [1.165, 1.54) is 0 Å². The molecule has 3 nitrogen and oxygen atoms in total.